The smallest absolute Gasteiger partial charge is 0.229 e. The van der Waals surface area contributed by atoms with Gasteiger partial charge in [0, 0.05) is 0 Å². The number of aliphatic hydroxyl groups is 8. The molecule has 2 aliphatic rings. The Labute approximate surface area is 192 Å². The summed E-state index contributed by atoms with van der Waals surface area (Å²) in [5, 5.41) is 97.6. The van der Waals surface area contributed by atoms with E-state index in [1.807, 2.05) is 0 Å². The van der Waals surface area contributed by atoms with Crippen LogP contribution in [0.4, 0.5) is 0 Å². The monoisotopic (exact) mass is 484 g/mol. The molecule has 10 atom stereocenters. The van der Waals surface area contributed by atoms with Crippen LogP contribution in [0, 0.1) is 22.7 Å². The zero-order valence-electron chi connectivity index (χ0n) is 17.4. The lowest BCUT2D eigenvalue weighted by molar-refractivity contribution is -0.278. The van der Waals surface area contributed by atoms with Crippen molar-refractivity contribution in [2.45, 2.75) is 61.4 Å². The molecule has 8 N–H and O–H groups in total. The first kappa shape index (κ1) is 26.0. The molecule has 186 valence electrons. The molecule has 34 heavy (non-hydrogen) atoms. The van der Waals surface area contributed by atoms with E-state index < -0.39 is 74.6 Å². The molecule has 2 heterocycles. The normalized spacial score (nSPS) is 37.9. The van der Waals surface area contributed by atoms with Gasteiger partial charge >= 0.3 is 0 Å². The van der Waals surface area contributed by atoms with E-state index in [9.17, 15) is 51.4 Å². The van der Waals surface area contributed by atoms with Gasteiger partial charge in [0.15, 0.2) is 0 Å². The van der Waals surface area contributed by atoms with E-state index in [0.717, 1.165) is 12.1 Å². The van der Waals surface area contributed by atoms with Gasteiger partial charge in [-0.05, 0) is 12.1 Å². The molecule has 1 aromatic rings. The fourth-order valence-electron chi connectivity index (χ4n) is 3.56. The van der Waals surface area contributed by atoms with Gasteiger partial charge < -0.3 is 59.8 Å². The van der Waals surface area contributed by atoms with Crippen molar-refractivity contribution < 1.29 is 59.8 Å². The first-order chi connectivity index (χ1) is 16.2. The number of ether oxygens (including phenoxy) is 4. The average molecular weight is 484 g/mol. The van der Waals surface area contributed by atoms with Crippen molar-refractivity contribution in [3.05, 3.63) is 23.3 Å². The number of aliphatic hydroxyl groups excluding tert-OH is 8. The summed E-state index contributed by atoms with van der Waals surface area (Å²) in [5.41, 5.74) is -0.775. The van der Waals surface area contributed by atoms with E-state index in [-0.39, 0.29) is 22.6 Å². The Kier molecular flexibility index (Phi) is 8.24. The van der Waals surface area contributed by atoms with Gasteiger partial charge in [0.2, 0.25) is 12.6 Å². The van der Waals surface area contributed by atoms with Crippen LogP contribution in [0.1, 0.15) is 11.1 Å². The fourth-order valence-corrected chi connectivity index (χ4v) is 3.56. The molecule has 2 saturated heterocycles. The lowest BCUT2D eigenvalue weighted by Crippen LogP contribution is -2.60. The van der Waals surface area contributed by atoms with Gasteiger partial charge in [-0.3, -0.25) is 0 Å². The van der Waals surface area contributed by atoms with Crippen LogP contribution >= 0.6 is 0 Å². The second kappa shape index (κ2) is 10.8. The van der Waals surface area contributed by atoms with Gasteiger partial charge in [-0.2, -0.15) is 10.5 Å². The molecule has 3 rings (SSSR count). The van der Waals surface area contributed by atoms with E-state index in [0.29, 0.717) is 0 Å². The second-order valence-corrected chi connectivity index (χ2v) is 7.67. The minimum Gasteiger partial charge on any atom is -0.461 e. The first-order valence-electron chi connectivity index (χ1n) is 10.1. The van der Waals surface area contributed by atoms with Crippen molar-refractivity contribution in [3.63, 3.8) is 0 Å². The van der Waals surface area contributed by atoms with Crippen LogP contribution in [0.3, 0.4) is 0 Å². The average Bonchev–Trinajstić information content (AvgIpc) is 2.84. The molecule has 1 aromatic carbocycles. The van der Waals surface area contributed by atoms with E-state index in [1.54, 1.807) is 12.1 Å². The van der Waals surface area contributed by atoms with Gasteiger partial charge in [0.05, 0.1) is 13.2 Å². The number of benzene rings is 1. The Bertz CT molecular complexity index is 870. The van der Waals surface area contributed by atoms with E-state index >= 15 is 0 Å². The Balaban J connectivity index is 1.87. The number of hydrogen-bond donors (Lipinski definition) is 8. The molecule has 14 nitrogen and oxygen atoms in total. The van der Waals surface area contributed by atoms with Crippen molar-refractivity contribution in [2.75, 3.05) is 13.2 Å². The summed E-state index contributed by atoms with van der Waals surface area (Å²) in [5.74, 6) is -0.547. The highest BCUT2D eigenvalue weighted by molar-refractivity contribution is 5.60. The van der Waals surface area contributed by atoms with E-state index in [4.69, 9.17) is 18.9 Å². The van der Waals surface area contributed by atoms with Crippen LogP contribution in [0.15, 0.2) is 12.1 Å². The predicted octanol–water partition coefficient (Wildman–Crippen LogP) is -4.21. The summed E-state index contributed by atoms with van der Waals surface area (Å²) in [6.07, 6.45) is -16.0. The molecule has 0 saturated carbocycles. The van der Waals surface area contributed by atoms with Crippen molar-refractivity contribution >= 4 is 0 Å². The summed E-state index contributed by atoms with van der Waals surface area (Å²) < 4.78 is 21.4. The summed E-state index contributed by atoms with van der Waals surface area (Å²) in [6.45, 7) is -1.41. The zero-order chi connectivity index (χ0) is 25.2. The summed E-state index contributed by atoms with van der Waals surface area (Å²) in [4.78, 5) is 0. The van der Waals surface area contributed by atoms with E-state index in [1.165, 1.54) is 0 Å². The molecule has 2 fully saturated rings. The van der Waals surface area contributed by atoms with Gasteiger partial charge in [0.25, 0.3) is 0 Å². The highest BCUT2D eigenvalue weighted by atomic mass is 16.7. The highest BCUT2D eigenvalue weighted by Crippen LogP contribution is 2.34. The maximum Gasteiger partial charge on any atom is 0.229 e. The SMILES string of the molecule is N#Cc1c(O[C@@H]2O[C@H](CO)[C@@H](O)[C@H](O)[C@H]2O)ccc(O[C@@H]2O[C@H](CO)[C@@H](O)[C@H](O)[C@H]2O)c1C#N. The molecule has 14 heteroatoms. The Morgan fingerprint density at radius 1 is 0.647 bits per heavy atom. The third-order valence-electron chi connectivity index (χ3n) is 5.54. The summed E-state index contributed by atoms with van der Waals surface area (Å²) in [6, 6.07) is 5.77. The maximum atomic E-state index is 10.1. The lowest BCUT2D eigenvalue weighted by atomic mass is 9.99. The minimum absolute atomic E-state index is 0.274. The van der Waals surface area contributed by atoms with Crippen molar-refractivity contribution in [3.8, 4) is 23.6 Å². The maximum absolute atomic E-state index is 10.1. The fraction of sp³-hybridized carbons (Fsp3) is 0.600. The number of hydrogen-bond acceptors (Lipinski definition) is 14. The molecular formula is C20H24N2O12. The zero-order valence-corrected chi connectivity index (χ0v) is 17.4. The van der Waals surface area contributed by atoms with Gasteiger partial charge in [-0.15, -0.1) is 0 Å². The van der Waals surface area contributed by atoms with Crippen molar-refractivity contribution in [1.29, 1.82) is 10.5 Å². The minimum atomic E-state index is -1.76. The number of rotatable bonds is 6. The molecule has 0 bridgehead atoms. The molecule has 0 aromatic heterocycles. The van der Waals surface area contributed by atoms with Crippen LogP contribution < -0.4 is 9.47 Å². The second-order valence-electron chi connectivity index (χ2n) is 7.67. The van der Waals surface area contributed by atoms with Crippen molar-refractivity contribution in [1.82, 2.24) is 0 Å². The topological polar surface area (TPSA) is 246 Å². The lowest BCUT2D eigenvalue weighted by Gasteiger charge is -2.40. The van der Waals surface area contributed by atoms with Crippen LogP contribution in [-0.2, 0) is 9.47 Å². The Morgan fingerprint density at radius 3 is 1.29 bits per heavy atom. The third-order valence-corrected chi connectivity index (χ3v) is 5.54. The molecule has 2 aliphatic heterocycles. The Hall–Kier alpha value is -2.60. The van der Waals surface area contributed by atoms with E-state index in [2.05, 4.69) is 0 Å². The van der Waals surface area contributed by atoms with Crippen LogP contribution in [0.25, 0.3) is 0 Å². The van der Waals surface area contributed by atoms with Gasteiger partial charge in [-0.25, -0.2) is 0 Å². The van der Waals surface area contributed by atoms with Crippen LogP contribution in [-0.4, -0.2) is 115 Å². The standard InChI is InChI=1S/C20H24N2O12/c21-3-7-8(4-22)10(32-20-18(30)16(28)14(26)12(6-24)34-20)2-1-9(7)31-19-17(29)15(27)13(25)11(5-23)33-19/h1-2,11-20,23-30H,5-6H2/t11-,12-,13-,14-,15+,16+,17-,18-,19-,20-/m1/s1. The predicted molar refractivity (Wildman–Crippen MR) is 105 cm³/mol. The quantitative estimate of drug-likeness (QED) is 0.191. The van der Waals surface area contributed by atoms with Gasteiger partial charge in [0.1, 0.15) is 83.6 Å². The molecule has 0 amide bonds. The number of nitriles is 2. The summed E-state index contributed by atoms with van der Waals surface area (Å²) in [7, 11) is 0. The summed E-state index contributed by atoms with van der Waals surface area (Å²) >= 11 is 0. The largest absolute Gasteiger partial charge is 0.461 e. The molecule has 0 aliphatic carbocycles. The van der Waals surface area contributed by atoms with Gasteiger partial charge in [-0.1, -0.05) is 0 Å². The third kappa shape index (κ3) is 4.78. The Morgan fingerprint density at radius 2 is 1.00 bits per heavy atom. The number of nitrogens with zero attached hydrogens (tertiary/aromatic N) is 2. The molecular weight excluding hydrogens is 460 g/mol. The highest BCUT2D eigenvalue weighted by Gasteiger charge is 2.46. The molecule has 0 spiro atoms. The molecule has 0 radical (unpaired) electrons. The first-order valence-corrected chi connectivity index (χ1v) is 10.1. The van der Waals surface area contributed by atoms with Crippen molar-refractivity contribution in [2.24, 2.45) is 0 Å². The molecule has 0 unspecified atom stereocenters. The van der Waals surface area contributed by atoms with Crippen LogP contribution in [0.2, 0.25) is 0 Å². The van der Waals surface area contributed by atoms with Crippen LogP contribution in [0.5, 0.6) is 11.5 Å².